The van der Waals surface area contributed by atoms with Crippen LogP contribution in [0, 0.1) is 6.92 Å². The van der Waals surface area contributed by atoms with E-state index in [1.807, 2.05) is 18.4 Å². The number of aryl methyl sites for hydroxylation is 1. The monoisotopic (exact) mass is 297 g/mol. The fraction of sp³-hybridized carbons (Fsp3) is 0.538. The first-order chi connectivity index (χ1) is 9.06. The molecule has 1 aromatic rings. The fourth-order valence-corrected chi connectivity index (χ4v) is 3.32. The second-order valence-electron chi connectivity index (χ2n) is 4.92. The van der Waals surface area contributed by atoms with Crippen molar-refractivity contribution in [2.45, 2.75) is 25.8 Å². The van der Waals surface area contributed by atoms with Gasteiger partial charge in [0.15, 0.2) is 0 Å². The van der Waals surface area contributed by atoms with Crippen LogP contribution in [-0.2, 0) is 0 Å². The molecule has 2 rings (SSSR count). The Balaban J connectivity index is 1.81. The first-order valence-electron chi connectivity index (χ1n) is 6.42. The molecule has 0 bridgehead atoms. The van der Waals surface area contributed by atoms with Crippen molar-refractivity contribution in [3.05, 3.63) is 21.9 Å². The van der Waals surface area contributed by atoms with Crippen molar-refractivity contribution in [1.29, 1.82) is 0 Å². The number of likely N-dealkylation sites (tertiary alicyclic amines) is 1. The van der Waals surface area contributed by atoms with Gasteiger partial charge in [0.05, 0.1) is 9.87 Å². The van der Waals surface area contributed by atoms with E-state index in [2.05, 4.69) is 10.2 Å². The standard InChI is InChI=1S/C13H19N3OS2/c1-9-4-7-19-12(9)13(17)15-10-2-5-16(6-3-10)8-11(14)18/h4,7,10H,2-3,5-6,8H2,1H3,(H2,14,18)(H,15,17). The average molecular weight is 297 g/mol. The number of carbonyl (C=O) groups excluding carboxylic acids is 1. The van der Waals surface area contributed by atoms with Gasteiger partial charge in [-0.05, 0) is 36.8 Å². The van der Waals surface area contributed by atoms with Gasteiger partial charge in [-0.25, -0.2) is 0 Å². The Morgan fingerprint density at radius 2 is 2.26 bits per heavy atom. The molecule has 0 aliphatic carbocycles. The lowest BCUT2D eigenvalue weighted by Crippen LogP contribution is -2.46. The molecule has 6 heteroatoms. The SMILES string of the molecule is Cc1ccsc1C(=O)NC1CCN(CC(N)=S)CC1. The Hall–Kier alpha value is -0.980. The van der Waals surface area contributed by atoms with Gasteiger partial charge in [-0.1, -0.05) is 12.2 Å². The number of nitrogens with zero attached hydrogens (tertiary/aromatic N) is 1. The maximum absolute atomic E-state index is 12.1. The molecular formula is C13H19N3OS2. The summed E-state index contributed by atoms with van der Waals surface area (Å²) in [6, 6.07) is 2.24. The molecular weight excluding hydrogens is 278 g/mol. The van der Waals surface area contributed by atoms with Crippen LogP contribution in [0.3, 0.4) is 0 Å². The number of thiophene rings is 1. The highest BCUT2D eigenvalue weighted by Crippen LogP contribution is 2.17. The maximum atomic E-state index is 12.1. The largest absolute Gasteiger partial charge is 0.392 e. The van der Waals surface area contributed by atoms with Gasteiger partial charge in [0.2, 0.25) is 0 Å². The molecule has 104 valence electrons. The number of hydrogen-bond donors (Lipinski definition) is 2. The van der Waals surface area contributed by atoms with Gasteiger partial charge in [0.25, 0.3) is 5.91 Å². The Bertz CT molecular complexity index is 464. The summed E-state index contributed by atoms with van der Waals surface area (Å²) in [5, 5.41) is 5.07. The van der Waals surface area contributed by atoms with Crippen molar-refractivity contribution in [2.75, 3.05) is 19.6 Å². The Kier molecular flexibility index (Phi) is 4.90. The molecule has 0 aromatic carbocycles. The van der Waals surface area contributed by atoms with Gasteiger partial charge in [-0.15, -0.1) is 11.3 Å². The molecule has 1 amide bonds. The molecule has 0 spiro atoms. The summed E-state index contributed by atoms with van der Waals surface area (Å²) in [6.07, 6.45) is 1.91. The number of carbonyl (C=O) groups is 1. The van der Waals surface area contributed by atoms with Crippen LogP contribution >= 0.6 is 23.6 Å². The van der Waals surface area contributed by atoms with Crippen LogP contribution in [0.25, 0.3) is 0 Å². The van der Waals surface area contributed by atoms with E-state index in [1.165, 1.54) is 11.3 Å². The number of piperidine rings is 1. The number of nitrogens with two attached hydrogens (primary N) is 1. The van der Waals surface area contributed by atoms with Crippen LogP contribution in [0.1, 0.15) is 28.1 Å². The maximum Gasteiger partial charge on any atom is 0.261 e. The highest BCUT2D eigenvalue weighted by atomic mass is 32.1. The van der Waals surface area contributed by atoms with E-state index in [1.54, 1.807) is 0 Å². The van der Waals surface area contributed by atoms with Gasteiger partial charge in [0.1, 0.15) is 0 Å². The second kappa shape index (κ2) is 6.45. The molecule has 4 nitrogen and oxygen atoms in total. The van der Waals surface area contributed by atoms with Crippen molar-refractivity contribution >= 4 is 34.5 Å². The molecule has 1 aliphatic heterocycles. The minimum absolute atomic E-state index is 0.0558. The zero-order valence-electron chi connectivity index (χ0n) is 11.0. The van der Waals surface area contributed by atoms with Crippen LogP contribution in [0.5, 0.6) is 0 Å². The van der Waals surface area contributed by atoms with Gasteiger partial charge < -0.3 is 11.1 Å². The number of nitrogens with one attached hydrogen (secondary N) is 1. The Labute approximate surface area is 123 Å². The number of hydrogen-bond acceptors (Lipinski definition) is 4. The molecule has 1 fully saturated rings. The zero-order chi connectivity index (χ0) is 13.8. The Morgan fingerprint density at radius 3 is 2.79 bits per heavy atom. The third-order valence-electron chi connectivity index (χ3n) is 3.37. The van der Waals surface area contributed by atoms with Crippen LogP contribution in [0.15, 0.2) is 11.4 Å². The molecule has 0 radical (unpaired) electrons. The van der Waals surface area contributed by atoms with Crippen molar-refractivity contribution in [3.8, 4) is 0 Å². The van der Waals surface area contributed by atoms with Crippen LogP contribution in [0.2, 0.25) is 0 Å². The van der Waals surface area contributed by atoms with E-state index in [4.69, 9.17) is 18.0 Å². The lowest BCUT2D eigenvalue weighted by atomic mass is 10.0. The second-order valence-corrected chi connectivity index (χ2v) is 6.36. The summed E-state index contributed by atoms with van der Waals surface area (Å²) in [7, 11) is 0. The summed E-state index contributed by atoms with van der Waals surface area (Å²) in [5.41, 5.74) is 6.59. The first-order valence-corrected chi connectivity index (χ1v) is 7.70. The normalized spacial score (nSPS) is 17.3. The predicted octanol–water partition coefficient (Wildman–Crippen LogP) is 1.54. The van der Waals surface area contributed by atoms with Crippen molar-refractivity contribution in [1.82, 2.24) is 10.2 Å². The van der Waals surface area contributed by atoms with E-state index >= 15 is 0 Å². The number of amides is 1. The van der Waals surface area contributed by atoms with E-state index in [0.717, 1.165) is 36.4 Å². The zero-order valence-corrected chi connectivity index (χ0v) is 12.6. The summed E-state index contributed by atoms with van der Waals surface area (Å²) in [6.45, 7) is 4.52. The smallest absolute Gasteiger partial charge is 0.261 e. The lowest BCUT2D eigenvalue weighted by molar-refractivity contribution is 0.0918. The quantitative estimate of drug-likeness (QED) is 0.828. The Morgan fingerprint density at radius 1 is 1.58 bits per heavy atom. The fourth-order valence-electron chi connectivity index (χ4n) is 2.31. The van der Waals surface area contributed by atoms with Crippen LogP contribution in [0.4, 0.5) is 0 Å². The minimum atomic E-state index is 0.0558. The van der Waals surface area contributed by atoms with Crippen molar-refractivity contribution in [3.63, 3.8) is 0 Å². The number of thiocarbonyl (C=S) groups is 1. The summed E-state index contributed by atoms with van der Waals surface area (Å²) in [4.78, 5) is 15.7. The van der Waals surface area contributed by atoms with Crippen LogP contribution in [-0.4, -0.2) is 41.5 Å². The summed E-state index contributed by atoms with van der Waals surface area (Å²) in [5.74, 6) is 0.0558. The highest BCUT2D eigenvalue weighted by molar-refractivity contribution is 7.80. The van der Waals surface area contributed by atoms with Gasteiger partial charge >= 0.3 is 0 Å². The van der Waals surface area contributed by atoms with E-state index in [-0.39, 0.29) is 11.9 Å². The third kappa shape index (κ3) is 3.99. The lowest BCUT2D eigenvalue weighted by Gasteiger charge is -2.31. The molecule has 0 unspecified atom stereocenters. The average Bonchev–Trinajstić information content (AvgIpc) is 2.77. The first kappa shape index (κ1) is 14.4. The molecule has 0 saturated carbocycles. The molecule has 3 N–H and O–H groups in total. The third-order valence-corrected chi connectivity index (χ3v) is 4.51. The molecule has 1 aromatic heterocycles. The highest BCUT2D eigenvalue weighted by Gasteiger charge is 2.22. The molecule has 19 heavy (non-hydrogen) atoms. The van der Waals surface area contributed by atoms with Crippen LogP contribution < -0.4 is 11.1 Å². The predicted molar refractivity (Wildman–Crippen MR) is 82.8 cm³/mol. The van der Waals surface area contributed by atoms with Gasteiger partial charge in [0, 0.05) is 25.7 Å². The van der Waals surface area contributed by atoms with Crippen molar-refractivity contribution in [2.24, 2.45) is 5.73 Å². The molecule has 1 aliphatic rings. The van der Waals surface area contributed by atoms with Gasteiger partial charge in [-0.3, -0.25) is 9.69 Å². The van der Waals surface area contributed by atoms with E-state index in [0.29, 0.717) is 11.5 Å². The minimum Gasteiger partial charge on any atom is -0.392 e. The molecule has 2 heterocycles. The van der Waals surface area contributed by atoms with Crippen molar-refractivity contribution < 1.29 is 4.79 Å². The van der Waals surface area contributed by atoms with E-state index in [9.17, 15) is 4.79 Å². The number of rotatable bonds is 4. The molecule has 0 atom stereocenters. The molecule has 1 saturated heterocycles. The topological polar surface area (TPSA) is 58.4 Å². The van der Waals surface area contributed by atoms with Gasteiger partial charge in [-0.2, -0.15) is 0 Å². The van der Waals surface area contributed by atoms with E-state index < -0.39 is 0 Å². The summed E-state index contributed by atoms with van der Waals surface area (Å²) < 4.78 is 0. The summed E-state index contributed by atoms with van der Waals surface area (Å²) >= 11 is 6.41.